The van der Waals surface area contributed by atoms with Crippen LogP contribution in [-0.2, 0) is 6.42 Å². The third kappa shape index (κ3) is 2.74. The molecule has 2 heteroatoms. The molecule has 0 amide bonds. The summed E-state index contributed by atoms with van der Waals surface area (Å²) in [5.74, 6) is 1.85. The SMILES string of the molecule is CC(C)c1ccnc2c1C(C(C)C)CNCCC2. The minimum Gasteiger partial charge on any atom is -0.316 e. The Labute approximate surface area is 111 Å². The average molecular weight is 246 g/mol. The molecule has 1 atom stereocenters. The van der Waals surface area contributed by atoms with Gasteiger partial charge in [0.2, 0.25) is 0 Å². The van der Waals surface area contributed by atoms with E-state index in [2.05, 4.69) is 44.1 Å². The standard InChI is InChI=1S/C16H26N2/c1-11(2)13-7-9-18-15-6-5-8-17-10-14(12(3)4)16(13)15/h7,9,11-12,14,17H,5-6,8,10H2,1-4H3. The number of pyridine rings is 1. The molecule has 0 fully saturated rings. The monoisotopic (exact) mass is 246 g/mol. The molecule has 0 aliphatic carbocycles. The summed E-state index contributed by atoms with van der Waals surface area (Å²) >= 11 is 0. The molecule has 0 bridgehead atoms. The van der Waals surface area contributed by atoms with Gasteiger partial charge in [-0.1, -0.05) is 27.7 Å². The smallest absolute Gasteiger partial charge is 0.0442 e. The fourth-order valence-corrected chi connectivity index (χ4v) is 2.97. The minimum atomic E-state index is 0.586. The molecule has 100 valence electrons. The molecule has 1 N–H and O–H groups in total. The predicted octanol–water partition coefficient (Wildman–Crippen LogP) is 3.48. The Morgan fingerprint density at radius 3 is 2.72 bits per heavy atom. The number of fused-ring (bicyclic) bond motifs is 1. The van der Waals surface area contributed by atoms with Crippen LogP contribution in [0.5, 0.6) is 0 Å². The third-order valence-electron chi connectivity index (χ3n) is 4.04. The van der Waals surface area contributed by atoms with Gasteiger partial charge in [0.15, 0.2) is 0 Å². The second-order valence-corrected chi connectivity index (χ2v) is 6.07. The van der Waals surface area contributed by atoms with Crippen molar-refractivity contribution in [2.24, 2.45) is 5.92 Å². The molecule has 1 aromatic rings. The molecule has 0 saturated carbocycles. The maximum atomic E-state index is 4.67. The summed E-state index contributed by atoms with van der Waals surface area (Å²) in [7, 11) is 0. The van der Waals surface area contributed by atoms with E-state index in [9.17, 15) is 0 Å². The second-order valence-electron chi connectivity index (χ2n) is 6.07. The van der Waals surface area contributed by atoms with E-state index in [1.807, 2.05) is 6.20 Å². The summed E-state index contributed by atoms with van der Waals surface area (Å²) in [6.07, 6.45) is 4.32. The summed E-state index contributed by atoms with van der Waals surface area (Å²) in [5.41, 5.74) is 4.39. The number of aryl methyl sites for hydroxylation is 1. The molecule has 2 heterocycles. The van der Waals surface area contributed by atoms with Crippen LogP contribution in [0.25, 0.3) is 0 Å². The molecule has 1 aliphatic rings. The van der Waals surface area contributed by atoms with E-state index in [4.69, 9.17) is 0 Å². The lowest BCUT2D eigenvalue weighted by molar-refractivity contribution is 0.440. The predicted molar refractivity (Wildman–Crippen MR) is 77.1 cm³/mol. The van der Waals surface area contributed by atoms with Crippen molar-refractivity contribution in [1.82, 2.24) is 10.3 Å². The van der Waals surface area contributed by atoms with Crippen LogP contribution < -0.4 is 5.32 Å². The van der Waals surface area contributed by atoms with E-state index in [0.29, 0.717) is 17.8 Å². The van der Waals surface area contributed by atoms with Gasteiger partial charge in [0.05, 0.1) is 0 Å². The maximum absolute atomic E-state index is 4.67. The number of nitrogens with zero attached hydrogens (tertiary/aromatic N) is 1. The van der Waals surface area contributed by atoms with Crippen molar-refractivity contribution in [1.29, 1.82) is 0 Å². The third-order valence-corrected chi connectivity index (χ3v) is 4.04. The zero-order valence-corrected chi connectivity index (χ0v) is 12.2. The molecule has 0 radical (unpaired) electrons. The second kappa shape index (κ2) is 5.83. The molecule has 18 heavy (non-hydrogen) atoms. The summed E-state index contributed by atoms with van der Waals surface area (Å²) in [6.45, 7) is 11.5. The molecular weight excluding hydrogens is 220 g/mol. The molecule has 2 nitrogen and oxygen atoms in total. The Bertz CT molecular complexity index is 396. The first kappa shape index (κ1) is 13.5. The fraction of sp³-hybridized carbons (Fsp3) is 0.688. The average Bonchev–Trinajstić information content (AvgIpc) is 2.28. The topological polar surface area (TPSA) is 24.9 Å². The quantitative estimate of drug-likeness (QED) is 0.864. The van der Waals surface area contributed by atoms with Gasteiger partial charge in [-0.15, -0.1) is 0 Å². The number of aromatic nitrogens is 1. The van der Waals surface area contributed by atoms with Crippen molar-refractivity contribution in [3.8, 4) is 0 Å². The summed E-state index contributed by atoms with van der Waals surface area (Å²) in [5, 5.41) is 3.60. The number of hydrogen-bond donors (Lipinski definition) is 1. The number of nitrogens with one attached hydrogen (secondary N) is 1. The van der Waals surface area contributed by atoms with Crippen molar-refractivity contribution in [3.63, 3.8) is 0 Å². The Kier molecular flexibility index (Phi) is 4.39. The van der Waals surface area contributed by atoms with E-state index in [1.165, 1.54) is 23.2 Å². The van der Waals surface area contributed by atoms with E-state index in [-0.39, 0.29) is 0 Å². The lowest BCUT2D eigenvalue weighted by Crippen LogP contribution is -2.30. The van der Waals surface area contributed by atoms with Crippen LogP contribution in [0.15, 0.2) is 12.3 Å². The fourth-order valence-electron chi connectivity index (χ4n) is 2.97. The van der Waals surface area contributed by atoms with E-state index in [0.717, 1.165) is 19.5 Å². The van der Waals surface area contributed by atoms with Gasteiger partial charge in [-0.2, -0.15) is 0 Å². The van der Waals surface area contributed by atoms with Gasteiger partial charge in [-0.25, -0.2) is 0 Å². The molecule has 1 aliphatic heterocycles. The Morgan fingerprint density at radius 2 is 2.06 bits per heavy atom. The van der Waals surface area contributed by atoms with Crippen LogP contribution in [0.1, 0.15) is 62.8 Å². The molecule has 0 spiro atoms. The zero-order valence-electron chi connectivity index (χ0n) is 12.2. The van der Waals surface area contributed by atoms with Gasteiger partial charge in [-0.3, -0.25) is 4.98 Å². The van der Waals surface area contributed by atoms with Gasteiger partial charge in [0.1, 0.15) is 0 Å². The van der Waals surface area contributed by atoms with E-state index >= 15 is 0 Å². The summed E-state index contributed by atoms with van der Waals surface area (Å²) in [6, 6.07) is 2.22. The number of hydrogen-bond acceptors (Lipinski definition) is 2. The summed E-state index contributed by atoms with van der Waals surface area (Å²) in [4.78, 5) is 4.67. The highest BCUT2D eigenvalue weighted by atomic mass is 14.9. The molecular formula is C16H26N2. The Hall–Kier alpha value is -0.890. The lowest BCUT2D eigenvalue weighted by Gasteiger charge is -2.29. The highest BCUT2D eigenvalue weighted by Gasteiger charge is 2.24. The lowest BCUT2D eigenvalue weighted by atomic mass is 9.80. The van der Waals surface area contributed by atoms with Crippen molar-refractivity contribution in [3.05, 3.63) is 29.1 Å². The molecule has 0 aromatic carbocycles. The van der Waals surface area contributed by atoms with Crippen LogP contribution in [0.3, 0.4) is 0 Å². The van der Waals surface area contributed by atoms with E-state index in [1.54, 1.807) is 0 Å². The largest absolute Gasteiger partial charge is 0.316 e. The van der Waals surface area contributed by atoms with Crippen molar-refractivity contribution < 1.29 is 0 Å². The maximum Gasteiger partial charge on any atom is 0.0442 e. The van der Waals surface area contributed by atoms with Gasteiger partial charge in [0.25, 0.3) is 0 Å². The first-order valence-corrected chi connectivity index (χ1v) is 7.29. The molecule has 2 rings (SSSR count). The van der Waals surface area contributed by atoms with Crippen LogP contribution >= 0.6 is 0 Å². The zero-order chi connectivity index (χ0) is 13.1. The number of rotatable bonds is 2. The molecule has 1 aromatic heterocycles. The van der Waals surface area contributed by atoms with Gasteiger partial charge in [-0.05, 0) is 48.4 Å². The highest BCUT2D eigenvalue weighted by Crippen LogP contribution is 2.33. The van der Waals surface area contributed by atoms with Gasteiger partial charge >= 0.3 is 0 Å². The van der Waals surface area contributed by atoms with Crippen molar-refractivity contribution in [2.45, 2.75) is 52.4 Å². The normalized spacial score (nSPS) is 20.7. The Balaban J connectivity index is 2.51. The van der Waals surface area contributed by atoms with Crippen LogP contribution in [0.2, 0.25) is 0 Å². The van der Waals surface area contributed by atoms with Gasteiger partial charge in [0, 0.05) is 24.4 Å². The van der Waals surface area contributed by atoms with E-state index < -0.39 is 0 Å². The van der Waals surface area contributed by atoms with Gasteiger partial charge < -0.3 is 5.32 Å². The van der Waals surface area contributed by atoms with Crippen LogP contribution in [0.4, 0.5) is 0 Å². The molecule has 1 unspecified atom stereocenters. The van der Waals surface area contributed by atoms with Crippen LogP contribution in [0, 0.1) is 5.92 Å². The van der Waals surface area contributed by atoms with Crippen molar-refractivity contribution >= 4 is 0 Å². The highest BCUT2D eigenvalue weighted by molar-refractivity contribution is 5.37. The first-order valence-electron chi connectivity index (χ1n) is 7.29. The molecule has 0 saturated heterocycles. The summed E-state index contributed by atoms with van der Waals surface area (Å²) < 4.78 is 0. The minimum absolute atomic E-state index is 0.586. The first-order chi connectivity index (χ1) is 8.61. The van der Waals surface area contributed by atoms with Crippen molar-refractivity contribution in [2.75, 3.05) is 13.1 Å². The van der Waals surface area contributed by atoms with Crippen LogP contribution in [-0.4, -0.2) is 18.1 Å². The Morgan fingerprint density at radius 1 is 1.28 bits per heavy atom.